The second kappa shape index (κ2) is 9.87. The van der Waals surface area contributed by atoms with Gasteiger partial charge in [-0.25, -0.2) is 4.98 Å². The van der Waals surface area contributed by atoms with Crippen molar-refractivity contribution in [1.82, 2.24) is 9.55 Å². The summed E-state index contributed by atoms with van der Waals surface area (Å²) in [6.07, 6.45) is 9.25. The van der Waals surface area contributed by atoms with E-state index < -0.39 is 0 Å². The lowest BCUT2D eigenvalue weighted by Gasteiger charge is -2.11. The maximum absolute atomic E-state index is 10.8. The summed E-state index contributed by atoms with van der Waals surface area (Å²) in [6.45, 7) is 3.10. The molecule has 6 nitrogen and oxygen atoms in total. The molecule has 0 spiro atoms. The molecule has 0 fully saturated rings. The molecule has 3 aromatic rings. The number of nitrogens with two attached hydrogens (primary N) is 1. The fraction of sp³-hybridized carbons (Fsp3) is 0.348. The molecule has 152 valence electrons. The molecule has 0 atom stereocenters. The molecule has 0 aliphatic carbocycles. The van der Waals surface area contributed by atoms with E-state index in [0.717, 1.165) is 35.3 Å². The molecule has 6 heteroatoms. The van der Waals surface area contributed by atoms with E-state index in [1.165, 1.54) is 44.2 Å². The van der Waals surface area contributed by atoms with Crippen LogP contribution in [-0.2, 0) is 6.54 Å². The molecule has 0 saturated heterocycles. The van der Waals surface area contributed by atoms with Crippen LogP contribution in [0.5, 0.6) is 0 Å². The van der Waals surface area contributed by atoms with Crippen molar-refractivity contribution in [1.29, 1.82) is 0 Å². The van der Waals surface area contributed by atoms with Crippen LogP contribution < -0.4 is 5.73 Å². The highest BCUT2D eigenvalue weighted by atomic mass is 16.6. The van der Waals surface area contributed by atoms with Crippen LogP contribution in [0.2, 0.25) is 0 Å². The van der Waals surface area contributed by atoms with Gasteiger partial charge in [0.25, 0.3) is 5.69 Å². The minimum Gasteiger partial charge on any atom is -0.369 e. The Kier molecular flexibility index (Phi) is 7.00. The average molecular weight is 393 g/mol. The van der Waals surface area contributed by atoms with E-state index >= 15 is 0 Å². The van der Waals surface area contributed by atoms with Crippen molar-refractivity contribution in [2.45, 2.75) is 52.0 Å². The molecule has 0 radical (unpaired) electrons. The highest BCUT2D eigenvalue weighted by Crippen LogP contribution is 2.27. The number of hydrogen-bond donors (Lipinski definition) is 1. The third-order valence-electron chi connectivity index (χ3n) is 5.21. The number of anilines is 1. The first-order chi connectivity index (χ1) is 14.1. The van der Waals surface area contributed by atoms with Gasteiger partial charge in [-0.15, -0.1) is 0 Å². The first-order valence-electron chi connectivity index (χ1n) is 10.3. The van der Waals surface area contributed by atoms with Gasteiger partial charge in [0.2, 0.25) is 5.95 Å². The fourth-order valence-electron chi connectivity index (χ4n) is 3.51. The van der Waals surface area contributed by atoms with Gasteiger partial charge in [-0.2, -0.15) is 0 Å². The Bertz CT molecular complexity index is 931. The Morgan fingerprint density at radius 2 is 1.45 bits per heavy atom. The normalized spacial score (nSPS) is 10.9. The topological polar surface area (TPSA) is 87.0 Å². The number of rotatable bonds is 10. The first-order valence-corrected chi connectivity index (χ1v) is 10.3. The van der Waals surface area contributed by atoms with Crippen LogP contribution in [0, 0.1) is 10.1 Å². The summed E-state index contributed by atoms with van der Waals surface area (Å²) in [4.78, 5) is 14.7. The Balaban J connectivity index is 1.69. The van der Waals surface area contributed by atoms with Crippen molar-refractivity contribution < 1.29 is 4.92 Å². The number of nitrogens with zero attached hydrogens (tertiary/aromatic N) is 3. The molecule has 29 heavy (non-hydrogen) atoms. The van der Waals surface area contributed by atoms with Gasteiger partial charge in [0, 0.05) is 18.7 Å². The van der Waals surface area contributed by atoms with Gasteiger partial charge in [-0.3, -0.25) is 10.1 Å². The van der Waals surface area contributed by atoms with Gasteiger partial charge in [-0.05, 0) is 35.2 Å². The van der Waals surface area contributed by atoms with E-state index in [1.807, 2.05) is 30.5 Å². The second-order valence-corrected chi connectivity index (χ2v) is 7.30. The lowest BCUT2D eigenvalue weighted by Crippen LogP contribution is -2.05. The highest BCUT2D eigenvalue weighted by Gasteiger charge is 2.10. The molecule has 0 aliphatic rings. The van der Waals surface area contributed by atoms with E-state index in [4.69, 9.17) is 5.73 Å². The van der Waals surface area contributed by atoms with Gasteiger partial charge >= 0.3 is 0 Å². The monoisotopic (exact) mass is 392 g/mol. The van der Waals surface area contributed by atoms with E-state index in [0.29, 0.717) is 5.95 Å². The number of non-ortho nitro benzene ring substituents is 1. The molecule has 2 aromatic carbocycles. The molecule has 1 aromatic heterocycles. The lowest BCUT2D eigenvalue weighted by atomic mass is 10.0. The van der Waals surface area contributed by atoms with Crippen molar-refractivity contribution in [2.75, 3.05) is 5.73 Å². The van der Waals surface area contributed by atoms with Gasteiger partial charge < -0.3 is 10.3 Å². The van der Waals surface area contributed by atoms with E-state index in [1.54, 1.807) is 12.1 Å². The highest BCUT2D eigenvalue weighted by molar-refractivity contribution is 5.70. The summed E-state index contributed by atoms with van der Waals surface area (Å²) < 4.78 is 2.08. The largest absolute Gasteiger partial charge is 0.369 e. The third-order valence-corrected chi connectivity index (χ3v) is 5.21. The molecule has 2 N–H and O–H groups in total. The van der Waals surface area contributed by atoms with Crippen LogP contribution in [0.15, 0.2) is 54.7 Å². The van der Waals surface area contributed by atoms with Crippen LogP contribution in [0.1, 0.15) is 45.4 Å². The van der Waals surface area contributed by atoms with Crippen LogP contribution in [0.3, 0.4) is 0 Å². The zero-order valence-electron chi connectivity index (χ0n) is 16.9. The lowest BCUT2D eigenvalue weighted by molar-refractivity contribution is -0.384. The summed E-state index contributed by atoms with van der Waals surface area (Å²) in [5, 5.41) is 10.8. The van der Waals surface area contributed by atoms with Gasteiger partial charge in [-0.1, -0.05) is 63.3 Å². The van der Waals surface area contributed by atoms with Crippen molar-refractivity contribution in [2.24, 2.45) is 0 Å². The predicted octanol–water partition coefficient (Wildman–Crippen LogP) is 6.07. The predicted molar refractivity (Wildman–Crippen MR) is 118 cm³/mol. The SMILES string of the molecule is CCCCCCCCn1c(-c2ccc(-c3ccc([N+](=O)[O-])cc3)cc2)cnc1N. The Labute approximate surface area is 171 Å². The maximum Gasteiger partial charge on any atom is 0.269 e. The number of aromatic nitrogens is 2. The summed E-state index contributed by atoms with van der Waals surface area (Å²) in [6, 6.07) is 14.7. The number of benzene rings is 2. The van der Waals surface area contributed by atoms with Crippen LogP contribution >= 0.6 is 0 Å². The number of nitro groups is 1. The van der Waals surface area contributed by atoms with E-state index in [9.17, 15) is 10.1 Å². The molecule has 0 aliphatic heterocycles. The molecule has 0 bridgehead atoms. The number of unbranched alkanes of at least 4 members (excludes halogenated alkanes) is 5. The smallest absolute Gasteiger partial charge is 0.269 e. The van der Waals surface area contributed by atoms with Gasteiger partial charge in [0.05, 0.1) is 16.8 Å². The minimum atomic E-state index is -0.387. The van der Waals surface area contributed by atoms with Crippen LogP contribution in [0.4, 0.5) is 11.6 Å². The van der Waals surface area contributed by atoms with Gasteiger partial charge in [0.15, 0.2) is 0 Å². The van der Waals surface area contributed by atoms with Crippen LogP contribution in [0.25, 0.3) is 22.4 Å². The number of hydrogen-bond acceptors (Lipinski definition) is 4. The van der Waals surface area contributed by atoms with Crippen molar-refractivity contribution >= 4 is 11.6 Å². The number of nitrogen functional groups attached to an aromatic ring is 1. The zero-order valence-corrected chi connectivity index (χ0v) is 16.9. The van der Waals surface area contributed by atoms with Crippen molar-refractivity contribution in [3.8, 4) is 22.4 Å². The van der Waals surface area contributed by atoms with E-state index in [-0.39, 0.29) is 10.6 Å². The Morgan fingerprint density at radius 3 is 2.07 bits per heavy atom. The number of imidazole rings is 1. The minimum absolute atomic E-state index is 0.0967. The molecule has 0 unspecified atom stereocenters. The standard InChI is InChI=1S/C23H28N4O2/c1-2-3-4-5-6-7-16-26-22(17-25-23(26)24)20-10-8-18(9-11-20)19-12-14-21(15-13-19)27(28)29/h8-15,17H,2-7,16H2,1H3,(H2,24,25). The average Bonchev–Trinajstić information content (AvgIpc) is 3.11. The summed E-state index contributed by atoms with van der Waals surface area (Å²) >= 11 is 0. The molecular formula is C23H28N4O2. The molecule has 0 amide bonds. The quantitative estimate of drug-likeness (QED) is 0.258. The summed E-state index contributed by atoms with van der Waals surface area (Å²) in [7, 11) is 0. The Morgan fingerprint density at radius 1 is 0.897 bits per heavy atom. The van der Waals surface area contributed by atoms with Crippen LogP contribution in [-0.4, -0.2) is 14.5 Å². The number of nitro benzene ring substituents is 1. The second-order valence-electron chi connectivity index (χ2n) is 7.30. The zero-order chi connectivity index (χ0) is 20.6. The fourth-order valence-corrected chi connectivity index (χ4v) is 3.51. The molecule has 3 rings (SSSR count). The summed E-state index contributed by atoms with van der Waals surface area (Å²) in [5.41, 5.74) is 10.2. The molecule has 0 saturated carbocycles. The van der Waals surface area contributed by atoms with E-state index in [2.05, 4.69) is 16.5 Å². The Hall–Kier alpha value is -3.15. The maximum atomic E-state index is 10.8. The third kappa shape index (κ3) is 5.22. The first kappa shape index (κ1) is 20.6. The molecule has 1 heterocycles. The van der Waals surface area contributed by atoms with Crippen molar-refractivity contribution in [3.05, 3.63) is 64.8 Å². The van der Waals surface area contributed by atoms with Crippen molar-refractivity contribution in [3.63, 3.8) is 0 Å². The van der Waals surface area contributed by atoms with Gasteiger partial charge in [0.1, 0.15) is 0 Å². The summed E-state index contributed by atoms with van der Waals surface area (Å²) in [5.74, 6) is 0.549. The molecular weight excluding hydrogens is 364 g/mol.